The van der Waals surface area contributed by atoms with Crippen LogP contribution in [-0.2, 0) is 0 Å². The fraction of sp³-hybridized carbons (Fsp3) is 0.0714. The monoisotopic (exact) mass is 294 g/mol. The Morgan fingerprint density at radius 2 is 1.90 bits per heavy atom. The number of halogens is 3. The molecule has 0 radical (unpaired) electrons. The van der Waals surface area contributed by atoms with Crippen LogP contribution in [0.3, 0.4) is 0 Å². The van der Waals surface area contributed by atoms with Crippen LogP contribution < -0.4 is 5.73 Å². The van der Waals surface area contributed by atoms with Gasteiger partial charge in [-0.05, 0) is 30.7 Å². The number of nitrogens with zero attached hydrogens (tertiary/aromatic N) is 1. The Morgan fingerprint density at radius 3 is 2.65 bits per heavy atom. The van der Waals surface area contributed by atoms with Crippen LogP contribution in [0.4, 0.5) is 14.5 Å². The summed E-state index contributed by atoms with van der Waals surface area (Å²) in [4.78, 5) is 4.17. The molecule has 0 fully saturated rings. The normalized spacial score (nSPS) is 11.2. The average Bonchev–Trinajstić information content (AvgIpc) is 2.77. The molecule has 0 atom stereocenters. The van der Waals surface area contributed by atoms with E-state index in [1.165, 1.54) is 0 Å². The second-order valence-corrected chi connectivity index (χ2v) is 4.88. The SMILES string of the molecule is Cc1cc(Cl)cc2nc(-c3cc(N)c(F)cc3F)oc12. The quantitative estimate of drug-likeness (QED) is 0.680. The Bertz CT molecular complexity index is 830. The molecule has 0 spiro atoms. The van der Waals surface area contributed by atoms with Gasteiger partial charge in [0.1, 0.15) is 17.2 Å². The Kier molecular flexibility index (Phi) is 2.87. The molecule has 0 aliphatic heterocycles. The van der Waals surface area contributed by atoms with Crippen LogP contribution in [0.5, 0.6) is 0 Å². The Balaban J connectivity index is 2.25. The minimum absolute atomic E-state index is 0.00984. The van der Waals surface area contributed by atoms with Gasteiger partial charge in [0.2, 0.25) is 5.89 Å². The van der Waals surface area contributed by atoms with Crippen molar-refractivity contribution in [3.05, 3.63) is 46.5 Å². The number of oxazole rings is 1. The number of benzene rings is 2. The topological polar surface area (TPSA) is 52.0 Å². The van der Waals surface area contributed by atoms with Gasteiger partial charge in [-0.15, -0.1) is 0 Å². The summed E-state index contributed by atoms with van der Waals surface area (Å²) in [6.07, 6.45) is 0. The summed E-state index contributed by atoms with van der Waals surface area (Å²) >= 11 is 5.93. The maximum Gasteiger partial charge on any atom is 0.230 e. The molecule has 1 heterocycles. The first-order valence-corrected chi connectivity index (χ1v) is 6.15. The predicted molar refractivity (Wildman–Crippen MR) is 73.5 cm³/mol. The molecule has 0 amide bonds. The van der Waals surface area contributed by atoms with Crippen molar-refractivity contribution in [2.45, 2.75) is 6.92 Å². The number of fused-ring (bicyclic) bond motifs is 1. The van der Waals surface area contributed by atoms with Gasteiger partial charge in [0, 0.05) is 11.1 Å². The molecule has 1 aromatic heterocycles. The molecule has 0 bridgehead atoms. The predicted octanol–water partition coefficient (Wildman–Crippen LogP) is 4.32. The van der Waals surface area contributed by atoms with E-state index in [2.05, 4.69) is 4.98 Å². The van der Waals surface area contributed by atoms with Gasteiger partial charge in [0.15, 0.2) is 5.58 Å². The molecule has 0 saturated heterocycles. The standard InChI is InChI=1S/C14H9ClF2N2O/c1-6-2-7(15)3-12-13(6)20-14(19-12)8-4-11(18)10(17)5-9(8)16/h2-5H,18H2,1H3. The maximum atomic E-state index is 13.8. The fourth-order valence-electron chi connectivity index (χ4n) is 2.00. The van der Waals surface area contributed by atoms with Crippen molar-refractivity contribution in [1.29, 1.82) is 0 Å². The second kappa shape index (κ2) is 4.45. The van der Waals surface area contributed by atoms with Crippen LogP contribution in [0.15, 0.2) is 28.7 Å². The molecule has 3 nitrogen and oxygen atoms in total. The molecule has 2 aromatic carbocycles. The molecule has 3 rings (SSSR count). The molecule has 102 valence electrons. The molecule has 2 N–H and O–H groups in total. The lowest BCUT2D eigenvalue weighted by Crippen LogP contribution is -1.94. The molecule has 20 heavy (non-hydrogen) atoms. The zero-order valence-corrected chi connectivity index (χ0v) is 11.1. The smallest absolute Gasteiger partial charge is 0.230 e. The first-order valence-electron chi connectivity index (χ1n) is 5.77. The van der Waals surface area contributed by atoms with E-state index in [-0.39, 0.29) is 17.1 Å². The van der Waals surface area contributed by atoms with Crippen LogP contribution in [-0.4, -0.2) is 4.98 Å². The van der Waals surface area contributed by atoms with E-state index < -0.39 is 11.6 Å². The van der Waals surface area contributed by atoms with Crippen LogP contribution in [0.2, 0.25) is 5.02 Å². The summed E-state index contributed by atoms with van der Waals surface area (Å²) in [5.41, 5.74) is 7.08. The Hall–Kier alpha value is -2.14. The van der Waals surface area contributed by atoms with E-state index >= 15 is 0 Å². The third-order valence-electron chi connectivity index (χ3n) is 2.96. The van der Waals surface area contributed by atoms with Crippen molar-refractivity contribution in [2.24, 2.45) is 0 Å². The van der Waals surface area contributed by atoms with Gasteiger partial charge in [-0.25, -0.2) is 13.8 Å². The summed E-state index contributed by atoms with van der Waals surface area (Å²) in [6, 6.07) is 5.20. The van der Waals surface area contributed by atoms with Gasteiger partial charge in [-0.1, -0.05) is 11.6 Å². The molecule has 0 aliphatic rings. The molecule has 0 aliphatic carbocycles. The van der Waals surface area contributed by atoms with E-state index in [0.717, 1.165) is 11.6 Å². The van der Waals surface area contributed by atoms with Gasteiger partial charge in [0.05, 0.1) is 11.3 Å². The minimum Gasteiger partial charge on any atom is -0.436 e. The van der Waals surface area contributed by atoms with Crippen molar-refractivity contribution in [1.82, 2.24) is 4.98 Å². The summed E-state index contributed by atoms with van der Waals surface area (Å²) < 4.78 is 32.5. The van der Waals surface area contributed by atoms with Crippen molar-refractivity contribution >= 4 is 28.4 Å². The minimum atomic E-state index is -0.818. The number of nitrogen functional groups attached to an aromatic ring is 1. The molecule has 0 saturated carbocycles. The Labute approximate surface area is 118 Å². The molecular weight excluding hydrogens is 286 g/mol. The molecular formula is C14H9ClF2N2O. The van der Waals surface area contributed by atoms with E-state index in [4.69, 9.17) is 21.8 Å². The highest BCUT2D eigenvalue weighted by atomic mass is 35.5. The Morgan fingerprint density at radius 1 is 1.15 bits per heavy atom. The summed E-state index contributed by atoms with van der Waals surface area (Å²) in [6.45, 7) is 1.80. The highest BCUT2D eigenvalue weighted by Gasteiger charge is 2.16. The first kappa shape index (κ1) is 12.9. The molecule has 0 unspecified atom stereocenters. The molecule has 3 aromatic rings. The summed E-state index contributed by atoms with van der Waals surface area (Å²) in [7, 11) is 0. The zero-order valence-electron chi connectivity index (χ0n) is 10.4. The number of aryl methyl sites for hydroxylation is 1. The van der Waals surface area contributed by atoms with Crippen LogP contribution >= 0.6 is 11.6 Å². The van der Waals surface area contributed by atoms with E-state index in [9.17, 15) is 8.78 Å². The number of anilines is 1. The third kappa shape index (κ3) is 2.00. The lowest BCUT2D eigenvalue weighted by Gasteiger charge is -2.01. The van der Waals surface area contributed by atoms with Gasteiger partial charge >= 0.3 is 0 Å². The number of rotatable bonds is 1. The summed E-state index contributed by atoms with van der Waals surface area (Å²) in [5, 5.41) is 0.508. The number of nitrogens with two attached hydrogens (primary N) is 1. The van der Waals surface area contributed by atoms with Gasteiger partial charge in [0.25, 0.3) is 0 Å². The number of hydrogen-bond acceptors (Lipinski definition) is 3. The molecule has 6 heteroatoms. The zero-order chi connectivity index (χ0) is 14.4. The third-order valence-corrected chi connectivity index (χ3v) is 3.18. The van der Waals surface area contributed by atoms with Gasteiger partial charge in [-0.2, -0.15) is 0 Å². The summed E-state index contributed by atoms with van der Waals surface area (Å²) in [5.74, 6) is -1.57. The highest BCUT2D eigenvalue weighted by molar-refractivity contribution is 6.31. The van der Waals surface area contributed by atoms with Crippen molar-refractivity contribution < 1.29 is 13.2 Å². The first-order chi connectivity index (χ1) is 9.45. The van der Waals surface area contributed by atoms with Crippen LogP contribution in [0.25, 0.3) is 22.6 Å². The fourth-order valence-corrected chi connectivity index (χ4v) is 2.27. The van der Waals surface area contributed by atoms with Gasteiger partial charge in [-0.3, -0.25) is 0 Å². The highest BCUT2D eigenvalue weighted by Crippen LogP contribution is 2.31. The second-order valence-electron chi connectivity index (χ2n) is 4.44. The van der Waals surface area contributed by atoms with Crippen LogP contribution in [0.1, 0.15) is 5.56 Å². The lowest BCUT2D eigenvalue weighted by atomic mass is 10.2. The lowest BCUT2D eigenvalue weighted by molar-refractivity contribution is 0.573. The largest absolute Gasteiger partial charge is 0.436 e. The number of hydrogen-bond donors (Lipinski definition) is 1. The number of aromatic nitrogens is 1. The average molecular weight is 295 g/mol. The maximum absolute atomic E-state index is 13.8. The van der Waals surface area contributed by atoms with E-state index in [1.54, 1.807) is 19.1 Å². The van der Waals surface area contributed by atoms with Crippen molar-refractivity contribution in [3.8, 4) is 11.5 Å². The van der Waals surface area contributed by atoms with Crippen LogP contribution in [0, 0.1) is 18.6 Å². The van der Waals surface area contributed by atoms with Gasteiger partial charge < -0.3 is 10.2 Å². The van der Waals surface area contributed by atoms with Crippen molar-refractivity contribution in [3.63, 3.8) is 0 Å². The van der Waals surface area contributed by atoms with Crippen molar-refractivity contribution in [2.75, 3.05) is 5.73 Å². The van der Waals surface area contributed by atoms with E-state index in [0.29, 0.717) is 22.2 Å². The van der Waals surface area contributed by atoms with E-state index in [1.807, 2.05) is 0 Å².